The summed E-state index contributed by atoms with van der Waals surface area (Å²) in [4.78, 5) is 23.0. The average molecular weight is 260 g/mol. The van der Waals surface area contributed by atoms with Crippen LogP contribution >= 0.6 is 0 Å². The fourth-order valence-electron chi connectivity index (χ4n) is 1.42. The zero-order valence-electron chi connectivity index (χ0n) is 10.2. The standard InChI is InChI=1S/C12H12N4O3/c1-19-11-7-13-6-10(16-11)15-5-9-4-8(12(17)18)2-3-14-9/h2-4,6-7H,5H2,1H3,(H,15,16)(H,17,18). The number of ether oxygens (including phenoxy) is 1. The summed E-state index contributed by atoms with van der Waals surface area (Å²) in [6.45, 7) is 0.350. The molecule has 0 bridgehead atoms. The maximum absolute atomic E-state index is 10.8. The third kappa shape index (κ3) is 3.38. The van der Waals surface area contributed by atoms with Gasteiger partial charge >= 0.3 is 5.97 Å². The molecule has 0 unspecified atom stereocenters. The number of aromatic nitrogens is 3. The van der Waals surface area contributed by atoms with Gasteiger partial charge in [0.05, 0.1) is 37.3 Å². The summed E-state index contributed by atoms with van der Waals surface area (Å²) in [5, 5.41) is 11.9. The van der Waals surface area contributed by atoms with Gasteiger partial charge in [-0.3, -0.25) is 9.97 Å². The summed E-state index contributed by atoms with van der Waals surface area (Å²) in [5.74, 6) is -0.0519. The van der Waals surface area contributed by atoms with Crippen LogP contribution in [0.15, 0.2) is 30.7 Å². The molecule has 0 atom stereocenters. The minimum absolute atomic E-state index is 0.198. The molecular formula is C12H12N4O3. The normalized spacial score (nSPS) is 9.95. The molecule has 0 spiro atoms. The lowest BCUT2D eigenvalue weighted by Crippen LogP contribution is -2.06. The van der Waals surface area contributed by atoms with Crippen LogP contribution in [0.5, 0.6) is 5.88 Å². The summed E-state index contributed by atoms with van der Waals surface area (Å²) < 4.78 is 4.95. The number of anilines is 1. The molecule has 98 valence electrons. The Morgan fingerprint density at radius 3 is 3.05 bits per heavy atom. The molecule has 0 saturated heterocycles. The molecular weight excluding hydrogens is 248 g/mol. The third-order valence-electron chi connectivity index (χ3n) is 2.34. The van der Waals surface area contributed by atoms with Crippen molar-refractivity contribution in [2.24, 2.45) is 0 Å². The van der Waals surface area contributed by atoms with E-state index in [0.29, 0.717) is 23.9 Å². The van der Waals surface area contributed by atoms with Gasteiger partial charge in [0.1, 0.15) is 5.82 Å². The van der Waals surface area contributed by atoms with Crippen molar-refractivity contribution < 1.29 is 14.6 Å². The smallest absolute Gasteiger partial charge is 0.335 e. The van der Waals surface area contributed by atoms with Crippen molar-refractivity contribution in [2.45, 2.75) is 6.54 Å². The predicted molar refractivity (Wildman–Crippen MR) is 67.1 cm³/mol. The van der Waals surface area contributed by atoms with E-state index >= 15 is 0 Å². The zero-order chi connectivity index (χ0) is 13.7. The number of carboxylic acid groups (broad SMARTS) is 1. The molecule has 7 nitrogen and oxygen atoms in total. The Balaban J connectivity index is 2.05. The van der Waals surface area contributed by atoms with Gasteiger partial charge in [-0.15, -0.1) is 0 Å². The van der Waals surface area contributed by atoms with Gasteiger partial charge in [-0.25, -0.2) is 4.79 Å². The van der Waals surface area contributed by atoms with E-state index in [-0.39, 0.29) is 5.56 Å². The van der Waals surface area contributed by atoms with E-state index in [1.165, 1.54) is 31.6 Å². The predicted octanol–water partition coefficient (Wildman–Crippen LogP) is 1.19. The minimum atomic E-state index is -0.982. The van der Waals surface area contributed by atoms with E-state index in [1.807, 2.05) is 0 Å². The van der Waals surface area contributed by atoms with Gasteiger partial charge < -0.3 is 15.2 Å². The van der Waals surface area contributed by atoms with Crippen molar-refractivity contribution in [2.75, 3.05) is 12.4 Å². The van der Waals surface area contributed by atoms with Gasteiger partial charge in [0.25, 0.3) is 0 Å². The molecule has 2 aromatic heterocycles. The number of carbonyl (C=O) groups is 1. The van der Waals surface area contributed by atoms with Gasteiger partial charge in [0.2, 0.25) is 5.88 Å². The number of methoxy groups -OCH3 is 1. The molecule has 0 aliphatic heterocycles. The molecule has 0 aliphatic carbocycles. The topological polar surface area (TPSA) is 97.2 Å². The molecule has 0 aromatic carbocycles. The lowest BCUT2D eigenvalue weighted by Gasteiger charge is -2.06. The van der Waals surface area contributed by atoms with Crippen molar-refractivity contribution in [1.29, 1.82) is 0 Å². The van der Waals surface area contributed by atoms with E-state index in [0.717, 1.165) is 0 Å². The number of aromatic carboxylic acids is 1. The first kappa shape index (κ1) is 12.7. The minimum Gasteiger partial charge on any atom is -0.480 e. The molecule has 0 radical (unpaired) electrons. The van der Waals surface area contributed by atoms with Crippen LogP contribution in [0.1, 0.15) is 16.1 Å². The van der Waals surface area contributed by atoms with E-state index in [4.69, 9.17) is 9.84 Å². The summed E-state index contributed by atoms with van der Waals surface area (Å²) >= 11 is 0. The fourth-order valence-corrected chi connectivity index (χ4v) is 1.42. The molecule has 2 heterocycles. The lowest BCUT2D eigenvalue weighted by atomic mass is 10.2. The Bertz CT molecular complexity index is 589. The Kier molecular flexibility index (Phi) is 3.87. The fraction of sp³-hybridized carbons (Fsp3) is 0.167. The highest BCUT2D eigenvalue weighted by molar-refractivity contribution is 5.87. The van der Waals surface area contributed by atoms with Crippen molar-refractivity contribution in [1.82, 2.24) is 15.0 Å². The van der Waals surface area contributed by atoms with Gasteiger partial charge in [-0.1, -0.05) is 0 Å². The second-order valence-corrected chi connectivity index (χ2v) is 3.64. The van der Waals surface area contributed by atoms with Crippen LogP contribution in [0.2, 0.25) is 0 Å². The Morgan fingerprint density at radius 1 is 1.47 bits per heavy atom. The highest BCUT2D eigenvalue weighted by Gasteiger charge is 2.04. The first-order valence-electron chi connectivity index (χ1n) is 5.47. The molecule has 0 aliphatic rings. The number of carboxylic acids is 1. The second-order valence-electron chi connectivity index (χ2n) is 3.64. The molecule has 0 saturated carbocycles. The van der Waals surface area contributed by atoms with Crippen LogP contribution in [0.4, 0.5) is 5.82 Å². The van der Waals surface area contributed by atoms with E-state index in [2.05, 4.69) is 20.3 Å². The van der Waals surface area contributed by atoms with Gasteiger partial charge in [0.15, 0.2) is 0 Å². The van der Waals surface area contributed by atoms with Crippen LogP contribution in [0, 0.1) is 0 Å². The maximum atomic E-state index is 10.8. The van der Waals surface area contributed by atoms with Crippen molar-refractivity contribution >= 4 is 11.8 Å². The maximum Gasteiger partial charge on any atom is 0.335 e. The second kappa shape index (κ2) is 5.76. The summed E-state index contributed by atoms with van der Waals surface area (Å²) in [7, 11) is 1.51. The molecule has 7 heteroatoms. The number of nitrogens with one attached hydrogen (secondary N) is 1. The van der Waals surface area contributed by atoms with Crippen LogP contribution < -0.4 is 10.1 Å². The van der Waals surface area contributed by atoms with Crippen molar-refractivity contribution in [3.05, 3.63) is 42.0 Å². The number of hydrogen-bond acceptors (Lipinski definition) is 6. The van der Waals surface area contributed by atoms with E-state index in [9.17, 15) is 4.79 Å². The summed E-state index contributed by atoms with van der Waals surface area (Å²) in [5.41, 5.74) is 0.799. The quantitative estimate of drug-likeness (QED) is 0.833. The summed E-state index contributed by atoms with van der Waals surface area (Å²) in [6, 6.07) is 2.94. The number of hydrogen-bond donors (Lipinski definition) is 2. The van der Waals surface area contributed by atoms with Crippen molar-refractivity contribution in [3.63, 3.8) is 0 Å². The zero-order valence-corrected chi connectivity index (χ0v) is 10.2. The highest BCUT2D eigenvalue weighted by atomic mass is 16.5. The van der Waals surface area contributed by atoms with Crippen molar-refractivity contribution in [3.8, 4) is 5.88 Å². The van der Waals surface area contributed by atoms with Gasteiger partial charge in [0, 0.05) is 6.20 Å². The number of pyridine rings is 1. The van der Waals surface area contributed by atoms with Gasteiger partial charge in [-0.2, -0.15) is 4.98 Å². The van der Waals surface area contributed by atoms with Crippen LogP contribution in [0.25, 0.3) is 0 Å². The van der Waals surface area contributed by atoms with E-state index < -0.39 is 5.97 Å². The first-order valence-corrected chi connectivity index (χ1v) is 5.47. The molecule has 2 N–H and O–H groups in total. The largest absolute Gasteiger partial charge is 0.480 e. The molecule has 0 fully saturated rings. The van der Waals surface area contributed by atoms with Crippen LogP contribution in [0.3, 0.4) is 0 Å². The molecule has 2 aromatic rings. The summed E-state index contributed by atoms with van der Waals surface area (Å²) in [6.07, 6.45) is 4.50. The third-order valence-corrected chi connectivity index (χ3v) is 2.34. The molecule has 19 heavy (non-hydrogen) atoms. The molecule has 2 rings (SSSR count). The average Bonchev–Trinajstić information content (AvgIpc) is 2.45. The van der Waals surface area contributed by atoms with Crippen LogP contribution in [-0.2, 0) is 6.54 Å². The lowest BCUT2D eigenvalue weighted by molar-refractivity contribution is 0.0696. The van der Waals surface area contributed by atoms with Gasteiger partial charge in [-0.05, 0) is 12.1 Å². The number of nitrogens with zero attached hydrogens (tertiary/aromatic N) is 3. The highest BCUT2D eigenvalue weighted by Crippen LogP contribution is 2.09. The van der Waals surface area contributed by atoms with E-state index in [1.54, 1.807) is 6.20 Å². The Morgan fingerprint density at radius 2 is 2.32 bits per heavy atom. The SMILES string of the molecule is COc1cncc(NCc2cc(C(=O)O)ccn2)n1. The monoisotopic (exact) mass is 260 g/mol. The number of rotatable bonds is 5. The first-order chi connectivity index (χ1) is 9.19. The van der Waals surface area contributed by atoms with Crippen LogP contribution in [-0.4, -0.2) is 33.1 Å². The Labute approximate surface area is 109 Å². The Hall–Kier alpha value is -2.70. The molecule has 0 amide bonds.